The molecule has 4 aromatic rings. The molecule has 6 nitrogen and oxygen atoms in total. The molecule has 0 radical (unpaired) electrons. The minimum atomic E-state index is -3.75. The maximum atomic E-state index is 13.4. The van der Waals surface area contributed by atoms with Gasteiger partial charge in [0, 0.05) is 24.8 Å². The SMILES string of the molecule is O=C(NC(c1ccccc1)c1ccccn1)c1cccc(S(=O)(=O)N2CCc3ccccc3C2)c1. The second kappa shape index (κ2) is 9.82. The van der Waals surface area contributed by atoms with Gasteiger partial charge in [0.2, 0.25) is 10.0 Å². The second-order valence-electron chi connectivity index (χ2n) is 8.46. The Morgan fingerprint density at radius 1 is 0.857 bits per heavy atom. The van der Waals surface area contributed by atoms with Crippen molar-refractivity contribution in [1.82, 2.24) is 14.6 Å². The van der Waals surface area contributed by atoms with Crippen molar-refractivity contribution in [3.05, 3.63) is 131 Å². The number of pyridine rings is 1. The third-order valence-corrected chi connectivity index (χ3v) is 8.06. The fourth-order valence-electron chi connectivity index (χ4n) is 4.36. The number of sulfonamides is 1. The van der Waals surface area contributed by atoms with Gasteiger partial charge in [0.05, 0.1) is 16.6 Å². The summed E-state index contributed by atoms with van der Waals surface area (Å²) in [5.41, 5.74) is 4.05. The summed E-state index contributed by atoms with van der Waals surface area (Å²) in [5.74, 6) is -0.370. The lowest BCUT2D eigenvalue weighted by atomic mass is 10.0. The number of nitrogens with zero attached hydrogens (tertiary/aromatic N) is 2. The number of hydrogen-bond acceptors (Lipinski definition) is 4. The Morgan fingerprint density at radius 3 is 2.37 bits per heavy atom. The minimum absolute atomic E-state index is 0.110. The summed E-state index contributed by atoms with van der Waals surface area (Å²) >= 11 is 0. The Bertz CT molecular complexity index is 1400. The molecular weight excluding hydrogens is 458 g/mol. The first-order valence-electron chi connectivity index (χ1n) is 11.5. The molecule has 5 rings (SSSR count). The lowest BCUT2D eigenvalue weighted by Gasteiger charge is -2.28. The highest BCUT2D eigenvalue weighted by molar-refractivity contribution is 7.89. The van der Waals surface area contributed by atoms with E-state index in [1.54, 1.807) is 24.4 Å². The van der Waals surface area contributed by atoms with Crippen molar-refractivity contribution in [1.29, 1.82) is 0 Å². The molecule has 0 spiro atoms. The molecule has 176 valence electrons. The second-order valence-corrected chi connectivity index (χ2v) is 10.4. The zero-order chi connectivity index (χ0) is 24.3. The summed E-state index contributed by atoms with van der Waals surface area (Å²) in [4.78, 5) is 17.8. The summed E-state index contributed by atoms with van der Waals surface area (Å²) in [6.07, 6.45) is 2.35. The monoisotopic (exact) mass is 483 g/mol. The van der Waals surface area contributed by atoms with Crippen molar-refractivity contribution in [2.24, 2.45) is 0 Å². The molecule has 0 saturated carbocycles. The molecule has 1 aromatic heterocycles. The Morgan fingerprint density at radius 2 is 1.60 bits per heavy atom. The summed E-state index contributed by atoms with van der Waals surface area (Å²) in [6, 6.07) is 28.8. The van der Waals surface area contributed by atoms with Crippen LogP contribution in [0.2, 0.25) is 0 Å². The van der Waals surface area contributed by atoms with Gasteiger partial charge in [0.15, 0.2) is 0 Å². The number of aromatic nitrogens is 1. The van der Waals surface area contributed by atoms with E-state index in [-0.39, 0.29) is 16.4 Å². The van der Waals surface area contributed by atoms with Gasteiger partial charge >= 0.3 is 0 Å². The van der Waals surface area contributed by atoms with Crippen LogP contribution in [0.3, 0.4) is 0 Å². The Kier molecular flexibility index (Phi) is 6.44. The number of nitrogens with one attached hydrogen (secondary N) is 1. The van der Waals surface area contributed by atoms with Crippen molar-refractivity contribution in [2.75, 3.05) is 6.54 Å². The van der Waals surface area contributed by atoms with Gasteiger partial charge in [-0.25, -0.2) is 8.42 Å². The molecule has 1 aliphatic rings. The van der Waals surface area contributed by atoms with Crippen LogP contribution in [0.5, 0.6) is 0 Å². The fraction of sp³-hybridized carbons (Fsp3) is 0.143. The molecule has 1 aliphatic heterocycles. The molecule has 7 heteroatoms. The quantitative estimate of drug-likeness (QED) is 0.442. The van der Waals surface area contributed by atoms with E-state index >= 15 is 0 Å². The van der Waals surface area contributed by atoms with Gasteiger partial charge < -0.3 is 5.32 Å². The molecule has 0 saturated heterocycles. The normalized spacial score (nSPS) is 14.6. The van der Waals surface area contributed by atoms with Crippen molar-refractivity contribution >= 4 is 15.9 Å². The minimum Gasteiger partial charge on any atom is -0.340 e. The van der Waals surface area contributed by atoms with Crippen molar-refractivity contribution in [3.8, 4) is 0 Å². The maximum absolute atomic E-state index is 13.4. The molecule has 0 bridgehead atoms. The highest BCUT2D eigenvalue weighted by Crippen LogP contribution is 2.26. The Labute approximate surface area is 205 Å². The van der Waals surface area contributed by atoms with Gasteiger partial charge in [-0.1, -0.05) is 66.7 Å². The average Bonchev–Trinajstić information content (AvgIpc) is 2.92. The average molecular weight is 484 g/mol. The van der Waals surface area contributed by atoms with Gasteiger partial charge in [0.25, 0.3) is 5.91 Å². The molecule has 1 unspecified atom stereocenters. The fourth-order valence-corrected chi connectivity index (χ4v) is 5.82. The molecule has 1 atom stereocenters. The van der Waals surface area contributed by atoms with Crippen LogP contribution < -0.4 is 5.32 Å². The predicted octanol–water partition coefficient (Wildman–Crippen LogP) is 4.35. The first kappa shape index (κ1) is 23.0. The number of rotatable bonds is 6. The first-order chi connectivity index (χ1) is 17.0. The number of benzene rings is 3. The number of hydrogen-bond donors (Lipinski definition) is 1. The van der Waals surface area contributed by atoms with E-state index in [9.17, 15) is 13.2 Å². The summed E-state index contributed by atoms with van der Waals surface area (Å²) in [6.45, 7) is 0.732. The molecule has 3 aromatic carbocycles. The van der Waals surface area contributed by atoms with E-state index in [1.165, 1.54) is 15.9 Å². The maximum Gasteiger partial charge on any atom is 0.252 e. The van der Waals surface area contributed by atoms with E-state index in [2.05, 4.69) is 10.3 Å². The zero-order valence-corrected chi connectivity index (χ0v) is 19.9. The molecule has 1 amide bonds. The number of amides is 1. The Balaban J connectivity index is 1.40. The number of carbonyl (C=O) groups is 1. The van der Waals surface area contributed by atoms with Crippen LogP contribution in [-0.4, -0.2) is 30.2 Å². The summed E-state index contributed by atoms with van der Waals surface area (Å²) in [5, 5.41) is 3.03. The van der Waals surface area contributed by atoms with Crippen molar-refractivity contribution in [2.45, 2.75) is 23.9 Å². The third kappa shape index (κ3) is 4.87. The summed E-state index contributed by atoms with van der Waals surface area (Å²) in [7, 11) is -3.75. The van der Waals surface area contributed by atoms with Gasteiger partial charge in [-0.3, -0.25) is 9.78 Å². The topological polar surface area (TPSA) is 79.4 Å². The smallest absolute Gasteiger partial charge is 0.252 e. The number of fused-ring (bicyclic) bond motifs is 1. The van der Waals surface area contributed by atoms with Crippen LogP contribution in [0.15, 0.2) is 108 Å². The van der Waals surface area contributed by atoms with Crippen LogP contribution in [0, 0.1) is 0 Å². The highest BCUT2D eigenvalue weighted by Gasteiger charge is 2.29. The lowest BCUT2D eigenvalue weighted by Crippen LogP contribution is -2.36. The molecule has 0 aliphatic carbocycles. The Hall–Kier alpha value is -3.81. The number of carbonyl (C=O) groups excluding carboxylic acids is 1. The van der Waals surface area contributed by atoms with E-state index in [1.807, 2.05) is 72.8 Å². The molecule has 35 heavy (non-hydrogen) atoms. The summed E-state index contributed by atoms with van der Waals surface area (Å²) < 4.78 is 28.3. The van der Waals surface area contributed by atoms with E-state index in [0.717, 1.165) is 11.1 Å². The predicted molar refractivity (Wildman–Crippen MR) is 134 cm³/mol. The van der Waals surface area contributed by atoms with Crippen molar-refractivity contribution < 1.29 is 13.2 Å². The molecular formula is C28H25N3O3S. The largest absolute Gasteiger partial charge is 0.340 e. The first-order valence-corrected chi connectivity index (χ1v) is 12.9. The van der Waals surface area contributed by atoms with Crippen LogP contribution in [-0.2, 0) is 23.0 Å². The standard InChI is InChI=1S/C28H25N3O3S/c32-28(30-27(22-10-2-1-3-11-22)26-15-6-7-17-29-26)23-13-8-14-25(19-23)35(33,34)31-18-16-21-9-4-5-12-24(21)20-31/h1-15,17,19,27H,16,18,20H2,(H,30,32). The van der Waals surface area contributed by atoms with Crippen LogP contribution in [0.25, 0.3) is 0 Å². The van der Waals surface area contributed by atoms with E-state index in [0.29, 0.717) is 25.2 Å². The molecule has 2 heterocycles. The molecule has 1 N–H and O–H groups in total. The third-order valence-electron chi connectivity index (χ3n) is 6.22. The lowest BCUT2D eigenvalue weighted by molar-refractivity contribution is 0.0942. The van der Waals surface area contributed by atoms with Gasteiger partial charge in [-0.05, 0) is 53.4 Å². The highest BCUT2D eigenvalue weighted by atomic mass is 32.2. The van der Waals surface area contributed by atoms with E-state index in [4.69, 9.17) is 0 Å². The molecule has 0 fully saturated rings. The van der Waals surface area contributed by atoms with Gasteiger partial charge in [-0.15, -0.1) is 0 Å². The van der Waals surface area contributed by atoms with Crippen molar-refractivity contribution in [3.63, 3.8) is 0 Å². The van der Waals surface area contributed by atoms with E-state index < -0.39 is 16.1 Å². The van der Waals surface area contributed by atoms with Gasteiger partial charge in [0.1, 0.15) is 0 Å². The zero-order valence-electron chi connectivity index (χ0n) is 19.0. The van der Waals surface area contributed by atoms with Crippen LogP contribution >= 0.6 is 0 Å². The van der Waals surface area contributed by atoms with Crippen LogP contribution in [0.4, 0.5) is 0 Å². The van der Waals surface area contributed by atoms with Crippen LogP contribution in [0.1, 0.15) is 38.8 Å². The van der Waals surface area contributed by atoms with Gasteiger partial charge in [-0.2, -0.15) is 4.31 Å².